The minimum absolute atomic E-state index is 0.697. The summed E-state index contributed by atoms with van der Waals surface area (Å²) in [5.74, 6) is 2.11. The lowest BCUT2D eigenvalue weighted by Gasteiger charge is -2.13. The van der Waals surface area contributed by atoms with Crippen LogP contribution in [0.25, 0.3) is 10.2 Å². The van der Waals surface area contributed by atoms with E-state index >= 15 is 0 Å². The Balaban J connectivity index is 2.03. The van der Waals surface area contributed by atoms with Gasteiger partial charge < -0.3 is 14.2 Å². The van der Waals surface area contributed by atoms with E-state index in [9.17, 15) is 0 Å². The van der Waals surface area contributed by atoms with Crippen LogP contribution in [-0.2, 0) is 0 Å². The maximum absolute atomic E-state index is 5.47. The summed E-state index contributed by atoms with van der Waals surface area (Å²) in [6.07, 6.45) is 0. The van der Waals surface area contributed by atoms with Crippen molar-refractivity contribution < 1.29 is 14.2 Å². The highest BCUT2D eigenvalue weighted by molar-refractivity contribution is 8.01. The fourth-order valence-corrected chi connectivity index (χ4v) is 4.24. The average Bonchev–Trinajstić information content (AvgIpc) is 2.97. The van der Waals surface area contributed by atoms with E-state index < -0.39 is 0 Å². The Morgan fingerprint density at radius 2 is 1.64 bits per heavy atom. The molecule has 1 aromatic heterocycles. The van der Waals surface area contributed by atoms with Gasteiger partial charge in [0.2, 0.25) is 0 Å². The van der Waals surface area contributed by atoms with Gasteiger partial charge in [-0.1, -0.05) is 23.9 Å². The quantitative estimate of drug-likeness (QED) is 0.689. The number of fused-ring (bicyclic) bond motifs is 1. The Morgan fingerprint density at radius 3 is 2.23 bits per heavy atom. The summed E-state index contributed by atoms with van der Waals surface area (Å²) in [7, 11) is 4.89. The zero-order chi connectivity index (χ0) is 15.5. The molecule has 0 bridgehead atoms. The molecule has 22 heavy (non-hydrogen) atoms. The minimum Gasteiger partial charge on any atom is -0.496 e. The maximum atomic E-state index is 5.47. The molecule has 0 unspecified atom stereocenters. The number of methoxy groups -OCH3 is 3. The SMILES string of the molecule is COc1cc(OC)c(Sc2nc3ccccc3s2)c(OC)c1. The largest absolute Gasteiger partial charge is 0.496 e. The van der Waals surface area contributed by atoms with Crippen LogP contribution in [0.3, 0.4) is 0 Å². The van der Waals surface area contributed by atoms with Gasteiger partial charge >= 0.3 is 0 Å². The van der Waals surface area contributed by atoms with Crippen molar-refractivity contribution in [3.63, 3.8) is 0 Å². The van der Waals surface area contributed by atoms with Gasteiger partial charge in [0.25, 0.3) is 0 Å². The van der Waals surface area contributed by atoms with Gasteiger partial charge in [0.1, 0.15) is 17.2 Å². The van der Waals surface area contributed by atoms with Gasteiger partial charge in [-0.15, -0.1) is 11.3 Å². The highest BCUT2D eigenvalue weighted by Gasteiger charge is 2.16. The molecule has 0 radical (unpaired) electrons. The second-order valence-corrected chi connectivity index (χ2v) is 6.70. The Morgan fingerprint density at radius 1 is 0.955 bits per heavy atom. The van der Waals surface area contributed by atoms with Crippen molar-refractivity contribution in [2.45, 2.75) is 9.24 Å². The first-order valence-corrected chi connectivity index (χ1v) is 8.22. The van der Waals surface area contributed by atoms with Crippen LogP contribution in [0.1, 0.15) is 0 Å². The Bertz CT molecular complexity index is 743. The lowest BCUT2D eigenvalue weighted by Crippen LogP contribution is -1.94. The Kier molecular flexibility index (Phi) is 4.40. The molecular weight excluding hydrogens is 318 g/mol. The lowest BCUT2D eigenvalue weighted by atomic mass is 10.3. The lowest BCUT2D eigenvalue weighted by molar-refractivity contribution is 0.361. The van der Waals surface area contributed by atoms with Crippen molar-refractivity contribution in [3.05, 3.63) is 36.4 Å². The number of thiazole rings is 1. The molecule has 1 heterocycles. The monoisotopic (exact) mass is 333 g/mol. The summed E-state index contributed by atoms with van der Waals surface area (Å²) in [4.78, 5) is 5.53. The molecule has 0 amide bonds. The van der Waals surface area contributed by atoms with E-state index in [1.165, 1.54) is 11.8 Å². The molecule has 0 aliphatic carbocycles. The maximum Gasteiger partial charge on any atom is 0.156 e. The first kappa shape index (κ1) is 15.0. The van der Waals surface area contributed by atoms with E-state index in [-0.39, 0.29) is 0 Å². The first-order valence-electron chi connectivity index (χ1n) is 6.58. The summed E-state index contributed by atoms with van der Waals surface area (Å²) >= 11 is 3.19. The molecule has 4 nitrogen and oxygen atoms in total. The molecule has 0 saturated carbocycles. The molecule has 0 saturated heterocycles. The van der Waals surface area contributed by atoms with Crippen LogP contribution in [0, 0.1) is 0 Å². The Hall–Kier alpha value is -1.92. The molecule has 0 aliphatic heterocycles. The van der Waals surface area contributed by atoms with Gasteiger partial charge in [0.05, 0.1) is 36.4 Å². The number of rotatable bonds is 5. The molecular formula is C16H15NO3S2. The van der Waals surface area contributed by atoms with Gasteiger partial charge in [0.15, 0.2) is 4.34 Å². The molecule has 0 fully saturated rings. The topological polar surface area (TPSA) is 40.6 Å². The van der Waals surface area contributed by atoms with Crippen LogP contribution >= 0.6 is 23.1 Å². The summed E-state index contributed by atoms with van der Waals surface area (Å²) in [5.41, 5.74) is 1.00. The van der Waals surface area contributed by atoms with Gasteiger partial charge in [-0.25, -0.2) is 4.98 Å². The number of nitrogens with zero attached hydrogens (tertiary/aromatic N) is 1. The van der Waals surface area contributed by atoms with Crippen molar-refractivity contribution in [3.8, 4) is 17.2 Å². The molecule has 3 rings (SSSR count). The third kappa shape index (κ3) is 2.84. The van der Waals surface area contributed by atoms with E-state index in [2.05, 4.69) is 11.1 Å². The van der Waals surface area contributed by atoms with Gasteiger partial charge in [-0.2, -0.15) is 0 Å². The van der Waals surface area contributed by atoms with Crippen molar-refractivity contribution in [2.75, 3.05) is 21.3 Å². The molecule has 0 N–H and O–H groups in total. The van der Waals surface area contributed by atoms with Crippen LogP contribution in [-0.4, -0.2) is 26.3 Å². The van der Waals surface area contributed by atoms with Crippen LogP contribution < -0.4 is 14.2 Å². The van der Waals surface area contributed by atoms with Gasteiger partial charge in [0, 0.05) is 12.1 Å². The highest BCUT2D eigenvalue weighted by Crippen LogP contribution is 2.45. The predicted molar refractivity (Wildman–Crippen MR) is 89.8 cm³/mol. The van der Waals surface area contributed by atoms with E-state index in [4.69, 9.17) is 14.2 Å². The van der Waals surface area contributed by atoms with Crippen LogP contribution in [0.2, 0.25) is 0 Å². The van der Waals surface area contributed by atoms with Crippen LogP contribution in [0.15, 0.2) is 45.6 Å². The molecule has 0 aliphatic rings. The minimum atomic E-state index is 0.697. The zero-order valence-electron chi connectivity index (χ0n) is 12.5. The van der Waals surface area contributed by atoms with E-state index in [0.29, 0.717) is 17.2 Å². The van der Waals surface area contributed by atoms with Crippen LogP contribution in [0.4, 0.5) is 0 Å². The number of benzene rings is 2. The molecule has 6 heteroatoms. The number of aromatic nitrogens is 1. The standard InChI is InChI=1S/C16H15NO3S2/c1-18-10-8-12(19-2)15(13(9-10)20-3)22-16-17-11-6-4-5-7-14(11)21-16/h4-9H,1-3H3. The van der Waals surface area contributed by atoms with Crippen molar-refractivity contribution in [2.24, 2.45) is 0 Å². The van der Waals surface area contributed by atoms with E-state index in [1.807, 2.05) is 30.3 Å². The summed E-state index contributed by atoms with van der Waals surface area (Å²) < 4.78 is 18.3. The summed E-state index contributed by atoms with van der Waals surface area (Å²) in [5, 5.41) is 0. The van der Waals surface area contributed by atoms with E-state index in [0.717, 1.165) is 19.5 Å². The fourth-order valence-electron chi connectivity index (χ4n) is 2.06. The zero-order valence-corrected chi connectivity index (χ0v) is 14.1. The fraction of sp³-hybridized carbons (Fsp3) is 0.188. The first-order chi connectivity index (χ1) is 10.7. The second-order valence-electron chi connectivity index (χ2n) is 4.41. The number of ether oxygens (including phenoxy) is 3. The highest BCUT2D eigenvalue weighted by atomic mass is 32.2. The number of hydrogen-bond acceptors (Lipinski definition) is 6. The predicted octanol–water partition coefficient (Wildman–Crippen LogP) is 4.47. The van der Waals surface area contributed by atoms with Gasteiger partial charge in [-0.3, -0.25) is 0 Å². The molecule has 0 atom stereocenters. The van der Waals surface area contributed by atoms with E-state index in [1.54, 1.807) is 32.7 Å². The average molecular weight is 333 g/mol. The normalized spacial score (nSPS) is 10.7. The Labute approximate surface area is 137 Å². The van der Waals surface area contributed by atoms with Crippen LogP contribution in [0.5, 0.6) is 17.2 Å². The third-order valence-corrected chi connectivity index (χ3v) is 5.34. The van der Waals surface area contributed by atoms with Crippen molar-refractivity contribution in [1.82, 2.24) is 4.98 Å². The third-order valence-electron chi connectivity index (χ3n) is 3.13. The molecule has 2 aromatic carbocycles. The molecule has 3 aromatic rings. The number of hydrogen-bond donors (Lipinski definition) is 0. The summed E-state index contributed by atoms with van der Waals surface area (Å²) in [6, 6.07) is 11.8. The van der Waals surface area contributed by atoms with Crippen molar-refractivity contribution in [1.29, 1.82) is 0 Å². The second kappa shape index (κ2) is 6.46. The van der Waals surface area contributed by atoms with Crippen molar-refractivity contribution >= 4 is 33.3 Å². The summed E-state index contributed by atoms with van der Waals surface area (Å²) in [6.45, 7) is 0. The van der Waals surface area contributed by atoms with Gasteiger partial charge in [-0.05, 0) is 12.1 Å². The molecule has 114 valence electrons. The number of para-hydroxylation sites is 1. The molecule has 0 spiro atoms. The smallest absolute Gasteiger partial charge is 0.156 e.